The van der Waals surface area contributed by atoms with Gasteiger partial charge in [0.25, 0.3) is 0 Å². The molecule has 0 amide bonds. The summed E-state index contributed by atoms with van der Waals surface area (Å²) in [7, 11) is 0. The molecule has 1 aromatic heterocycles. The molecule has 4 nitrogen and oxygen atoms in total. The van der Waals surface area contributed by atoms with Gasteiger partial charge in [-0.25, -0.2) is 4.98 Å². The van der Waals surface area contributed by atoms with E-state index < -0.39 is 11.2 Å². The van der Waals surface area contributed by atoms with Crippen LogP contribution in [0.5, 0.6) is 0 Å². The maximum absolute atomic E-state index is 12.3. The number of carbonyl (C=O) groups is 1. The molecule has 0 saturated heterocycles. The predicted octanol–water partition coefficient (Wildman–Crippen LogP) is 9.81. The zero-order chi connectivity index (χ0) is 26.9. The molecule has 0 radical (unpaired) electrons. The van der Waals surface area contributed by atoms with Crippen LogP contribution < -0.4 is 0 Å². The van der Waals surface area contributed by atoms with Gasteiger partial charge >= 0.3 is 5.97 Å². The molecule has 1 unspecified atom stereocenters. The SMILES string of the molecule is CCCCCCCCC(Sc1nc(-c2ccc(Cl)cc2)c(-c2ccc(Cl)cc2)n1-c1ccccc1)C(=O)O. The number of aromatic nitrogens is 2. The number of thioether (sulfide) groups is 1. The lowest BCUT2D eigenvalue weighted by Gasteiger charge is -2.16. The maximum Gasteiger partial charge on any atom is 0.317 e. The van der Waals surface area contributed by atoms with E-state index in [1.807, 2.05) is 78.9 Å². The standard InChI is InChI=1S/C31H32Cl2N2O2S/c1-2-3-4-5-6-10-13-27(30(36)37)38-31-34-28(22-14-18-24(32)19-15-22)29(23-16-20-25(33)21-17-23)35(31)26-11-8-7-9-12-26/h7-9,11-12,14-21,27H,2-6,10,13H2,1H3,(H,36,37). The summed E-state index contributed by atoms with van der Waals surface area (Å²) in [5.41, 5.74) is 4.39. The van der Waals surface area contributed by atoms with Crippen LogP contribution >= 0.6 is 35.0 Å². The number of para-hydroxylation sites is 1. The van der Waals surface area contributed by atoms with Gasteiger partial charge in [0, 0.05) is 26.9 Å². The molecular formula is C31H32Cl2N2O2S. The summed E-state index contributed by atoms with van der Waals surface area (Å²) in [5.74, 6) is -0.813. The zero-order valence-corrected chi connectivity index (χ0v) is 23.8. The second-order valence-electron chi connectivity index (χ2n) is 9.28. The molecule has 0 saturated carbocycles. The number of carboxylic acids is 1. The smallest absolute Gasteiger partial charge is 0.317 e. The molecule has 0 fully saturated rings. The summed E-state index contributed by atoms with van der Waals surface area (Å²) < 4.78 is 2.06. The van der Waals surface area contributed by atoms with Crippen LogP contribution in [-0.2, 0) is 4.79 Å². The Morgan fingerprint density at radius 1 is 0.842 bits per heavy atom. The van der Waals surface area contributed by atoms with Crippen molar-refractivity contribution in [2.45, 2.75) is 62.3 Å². The van der Waals surface area contributed by atoms with E-state index in [1.165, 1.54) is 31.0 Å². The maximum atomic E-state index is 12.3. The summed E-state index contributed by atoms with van der Waals surface area (Å²) in [6.45, 7) is 2.20. The van der Waals surface area contributed by atoms with Crippen LogP contribution in [-0.4, -0.2) is 25.9 Å². The number of rotatable bonds is 13. The minimum atomic E-state index is -0.813. The van der Waals surface area contributed by atoms with Crippen molar-refractivity contribution in [3.63, 3.8) is 0 Å². The van der Waals surface area contributed by atoms with E-state index in [0.29, 0.717) is 21.6 Å². The summed E-state index contributed by atoms with van der Waals surface area (Å²) >= 11 is 13.7. The van der Waals surface area contributed by atoms with Gasteiger partial charge in [0.2, 0.25) is 0 Å². The Balaban J connectivity index is 1.78. The fourth-order valence-electron chi connectivity index (χ4n) is 4.45. The van der Waals surface area contributed by atoms with E-state index in [2.05, 4.69) is 11.5 Å². The summed E-state index contributed by atoms with van der Waals surface area (Å²) in [6, 6.07) is 25.2. The van der Waals surface area contributed by atoms with Gasteiger partial charge < -0.3 is 5.11 Å². The Hall–Kier alpha value is -2.73. The van der Waals surface area contributed by atoms with E-state index >= 15 is 0 Å². The number of hydrogen-bond donors (Lipinski definition) is 1. The number of imidazole rings is 1. The minimum Gasteiger partial charge on any atom is -0.480 e. The normalized spacial score (nSPS) is 12.0. The Kier molecular flexibility index (Phi) is 10.3. The lowest BCUT2D eigenvalue weighted by Crippen LogP contribution is -2.17. The number of halogens is 2. The number of aliphatic carboxylic acids is 1. The molecule has 0 aliphatic carbocycles. The van der Waals surface area contributed by atoms with Crippen LogP contribution in [0.1, 0.15) is 51.9 Å². The quantitative estimate of drug-likeness (QED) is 0.129. The van der Waals surface area contributed by atoms with Crippen molar-refractivity contribution in [1.29, 1.82) is 0 Å². The highest BCUT2D eigenvalue weighted by molar-refractivity contribution is 8.00. The van der Waals surface area contributed by atoms with E-state index in [4.69, 9.17) is 28.2 Å². The van der Waals surface area contributed by atoms with Gasteiger partial charge in [-0.05, 0) is 42.8 Å². The number of nitrogens with zero attached hydrogens (tertiary/aromatic N) is 2. The van der Waals surface area contributed by atoms with Crippen molar-refractivity contribution in [2.75, 3.05) is 0 Å². The van der Waals surface area contributed by atoms with Crippen LogP contribution in [0.4, 0.5) is 0 Å². The van der Waals surface area contributed by atoms with Crippen LogP contribution in [0.2, 0.25) is 10.0 Å². The summed E-state index contributed by atoms with van der Waals surface area (Å²) in [6.07, 6.45) is 7.30. The molecule has 0 aliphatic rings. The minimum absolute atomic E-state index is 0.595. The molecule has 4 rings (SSSR count). The third-order valence-electron chi connectivity index (χ3n) is 6.44. The average Bonchev–Trinajstić information content (AvgIpc) is 3.30. The lowest BCUT2D eigenvalue weighted by molar-refractivity contribution is -0.136. The first-order chi connectivity index (χ1) is 18.5. The molecule has 3 aromatic carbocycles. The van der Waals surface area contributed by atoms with E-state index in [-0.39, 0.29) is 0 Å². The molecule has 7 heteroatoms. The van der Waals surface area contributed by atoms with Crippen LogP contribution in [0.15, 0.2) is 84.0 Å². The van der Waals surface area contributed by atoms with Gasteiger partial charge in [-0.1, -0.05) is 123 Å². The fourth-order valence-corrected chi connectivity index (χ4v) is 5.79. The van der Waals surface area contributed by atoms with Gasteiger partial charge in [0.05, 0.1) is 11.4 Å². The van der Waals surface area contributed by atoms with Crippen LogP contribution in [0.25, 0.3) is 28.2 Å². The summed E-state index contributed by atoms with van der Waals surface area (Å²) in [4.78, 5) is 17.4. The number of hydrogen-bond acceptors (Lipinski definition) is 3. The predicted molar refractivity (Wildman–Crippen MR) is 160 cm³/mol. The van der Waals surface area contributed by atoms with Crippen molar-refractivity contribution in [3.05, 3.63) is 88.9 Å². The number of benzene rings is 3. The van der Waals surface area contributed by atoms with Gasteiger partial charge in [-0.15, -0.1) is 0 Å². The largest absolute Gasteiger partial charge is 0.480 e. The fraction of sp³-hybridized carbons (Fsp3) is 0.290. The van der Waals surface area contributed by atoms with E-state index in [1.54, 1.807) is 0 Å². The molecule has 1 heterocycles. The molecule has 0 spiro atoms. The van der Waals surface area contributed by atoms with Crippen molar-refractivity contribution in [3.8, 4) is 28.2 Å². The summed E-state index contributed by atoms with van der Waals surface area (Å²) in [5, 5.41) is 11.5. The Morgan fingerprint density at radius 3 is 2.03 bits per heavy atom. The Labute approximate surface area is 239 Å². The van der Waals surface area contributed by atoms with E-state index in [9.17, 15) is 9.90 Å². The molecule has 4 aromatic rings. The second kappa shape index (κ2) is 13.9. The molecule has 38 heavy (non-hydrogen) atoms. The highest BCUT2D eigenvalue weighted by Gasteiger charge is 2.27. The highest BCUT2D eigenvalue weighted by atomic mass is 35.5. The monoisotopic (exact) mass is 566 g/mol. The zero-order valence-electron chi connectivity index (χ0n) is 21.4. The topological polar surface area (TPSA) is 55.1 Å². The lowest BCUT2D eigenvalue weighted by atomic mass is 10.0. The molecule has 0 aliphatic heterocycles. The van der Waals surface area contributed by atoms with Crippen molar-refractivity contribution < 1.29 is 9.90 Å². The first-order valence-electron chi connectivity index (χ1n) is 13.1. The Bertz CT molecular complexity index is 1320. The molecule has 198 valence electrons. The highest BCUT2D eigenvalue weighted by Crippen LogP contribution is 2.40. The van der Waals surface area contributed by atoms with Gasteiger partial charge in [0.15, 0.2) is 5.16 Å². The van der Waals surface area contributed by atoms with Crippen molar-refractivity contribution in [1.82, 2.24) is 9.55 Å². The number of unbranched alkanes of at least 4 members (excludes halogenated alkanes) is 5. The van der Waals surface area contributed by atoms with Crippen LogP contribution in [0, 0.1) is 0 Å². The van der Waals surface area contributed by atoms with Crippen molar-refractivity contribution in [2.24, 2.45) is 0 Å². The van der Waals surface area contributed by atoms with Gasteiger partial charge in [-0.2, -0.15) is 0 Å². The first kappa shape index (κ1) is 28.3. The third-order valence-corrected chi connectivity index (χ3v) is 8.15. The van der Waals surface area contributed by atoms with Crippen LogP contribution in [0.3, 0.4) is 0 Å². The van der Waals surface area contributed by atoms with Gasteiger partial charge in [-0.3, -0.25) is 9.36 Å². The first-order valence-corrected chi connectivity index (χ1v) is 14.7. The molecule has 0 bridgehead atoms. The van der Waals surface area contributed by atoms with Crippen molar-refractivity contribution >= 4 is 40.9 Å². The molecule has 1 atom stereocenters. The second-order valence-corrected chi connectivity index (χ2v) is 11.3. The van der Waals surface area contributed by atoms with Gasteiger partial charge in [0.1, 0.15) is 5.25 Å². The third kappa shape index (κ3) is 7.22. The number of carboxylic acid groups (broad SMARTS) is 1. The molecule has 1 N–H and O–H groups in total. The molecular weight excluding hydrogens is 535 g/mol. The van der Waals surface area contributed by atoms with E-state index in [0.717, 1.165) is 47.5 Å². The average molecular weight is 568 g/mol. The Morgan fingerprint density at radius 2 is 1.42 bits per heavy atom.